The van der Waals surface area contributed by atoms with Crippen LogP contribution in [0.3, 0.4) is 0 Å². The van der Waals surface area contributed by atoms with Gasteiger partial charge in [0.1, 0.15) is 0 Å². The van der Waals surface area contributed by atoms with Crippen LogP contribution in [0, 0.1) is 0 Å². The first-order chi connectivity index (χ1) is 9.72. The van der Waals surface area contributed by atoms with Crippen LogP contribution < -0.4 is 4.90 Å². The smallest absolute Gasteiger partial charge is 0.225 e. The monoisotopic (exact) mass is 272 g/mol. The van der Waals surface area contributed by atoms with Crippen molar-refractivity contribution in [1.29, 1.82) is 0 Å². The van der Waals surface area contributed by atoms with Gasteiger partial charge in [-0.05, 0) is 13.0 Å². The van der Waals surface area contributed by atoms with Gasteiger partial charge < -0.3 is 4.90 Å². The summed E-state index contributed by atoms with van der Waals surface area (Å²) >= 11 is 0. The van der Waals surface area contributed by atoms with Gasteiger partial charge in [-0.15, -0.1) is 0 Å². The number of hydrogen-bond donors (Lipinski definition) is 0. The van der Waals surface area contributed by atoms with E-state index in [0.29, 0.717) is 6.04 Å². The lowest BCUT2D eigenvalue weighted by Crippen LogP contribution is -2.51. The van der Waals surface area contributed by atoms with Crippen LogP contribution in [0.25, 0.3) is 0 Å². The Balaban J connectivity index is 1.62. The zero-order chi connectivity index (χ0) is 13.9. The molecule has 0 spiro atoms. The lowest BCUT2D eigenvalue weighted by molar-refractivity contribution is 0.180. The SMILES string of the molecule is CC1CN(c2ncccn2)CCN1Cc1cnn(C)c1. The molecule has 0 saturated carbocycles. The third kappa shape index (κ3) is 2.80. The molecule has 1 unspecified atom stereocenters. The summed E-state index contributed by atoms with van der Waals surface area (Å²) in [7, 11) is 1.96. The molecule has 0 amide bonds. The molecule has 0 radical (unpaired) electrons. The van der Waals surface area contributed by atoms with E-state index in [9.17, 15) is 0 Å². The molecular weight excluding hydrogens is 252 g/mol. The van der Waals surface area contributed by atoms with E-state index in [-0.39, 0.29) is 0 Å². The molecule has 2 aromatic heterocycles. The minimum atomic E-state index is 0.479. The number of aromatic nitrogens is 4. The first kappa shape index (κ1) is 13.1. The fourth-order valence-electron chi connectivity index (χ4n) is 2.65. The lowest BCUT2D eigenvalue weighted by Gasteiger charge is -2.39. The highest BCUT2D eigenvalue weighted by molar-refractivity contribution is 5.29. The van der Waals surface area contributed by atoms with Gasteiger partial charge in [0.2, 0.25) is 5.95 Å². The van der Waals surface area contributed by atoms with Gasteiger partial charge in [-0.25, -0.2) is 9.97 Å². The maximum absolute atomic E-state index is 4.33. The second-order valence-corrected chi connectivity index (χ2v) is 5.34. The largest absolute Gasteiger partial charge is 0.338 e. The predicted molar refractivity (Wildman–Crippen MR) is 77.3 cm³/mol. The summed E-state index contributed by atoms with van der Waals surface area (Å²) in [6, 6.07) is 2.33. The maximum Gasteiger partial charge on any atom is 0.225 e. The highest BCUT2D eigenvalue weighted by atomic mass is 15.3. The van der Waals surface area contributed by atoms with Crippen molar-refractivity contribution in [2.75, 3.05) is 24.5 Å². The van der Waals surface area contributed by atoms with Crippen molar-refractivity contribution in [3.63, 3.8) is 0 Å². The van der Waals surface area contributed by atoms with E-state index in [2.05, 4.69) is 38.0 Å². The van der Waals surface area contributed by atoms with Crippen LogP contribution in [-0.4, -0.2) is 50.3 Å². The van der Waals surface area contributed by atoms with Crippen molar-refractivity contribution < 1.29 is 0 Å². The molecule has 1 aliphatic heterocycles. The highest BCUT2D eigenvalue weighted by Gasteiger charge is 2.25. The van der Waals surface area contributed by atoms with Crippen molar-refractivity contribution in [1.82, 2.24) is 24.6 Å². The molecule has 0 N–H and O–H groups in total. The van der Waals surface area contributed by atoms with Crippen molar-refractivity contribution in [3.05, 3.63) is 36.4 Å². The number of nitrogens with zero attached hydrogens (tertiary/aromatic N) is 6. The Morgan fingerprint density at radius 1 is 1.25 bits per heavy atom. The van der Waals surface area contributed by atoms with E-state index in [1.807, 2.05) is 24.0 Å². The van der Waals surface area contributed by atoms with Gasteiger partial charge >= 0.3 is 0 Å². The molecule has 0 aliphatic carbocycles. The van der Waals surface area contributed by atoms with E-state index in [0.717, 1.165) is 32.1 Å². The van der Waals surface area contributed by atoms with Crippen LogP contribution in [0.1, 0.15) is 12.5 Å². The molecule has 1 atom stereocenters. The number of hydrogen-bond acceptors (Lipinski definition) is 5. The zero-order valence-electron chi connectivity index (χ0n) is 12.0. The van der Waals surface area contributed by atoms with Crippen molar-refractivity contribution in [3.8, 4) is 0 Å². The standard InChI is InChI=1S/C14H20N6/c1-12-9-20(14-15-4-3-5-16-14)7-6-19(12)11-13-8-17-18(2)10-13/h3-5,8,10,12H,6-7,9,11H2,1-2H3. The molecule has 3 heterocycles. The average molecular weight is 272 g/mol. The van der Waals surface area contributed by atoms with Crippen molar-refractivity contribution in [2.45, 2.75) is 19.5 Å². The topological polar surface area (TPSA) is 50.1 Å². The molecule has 1 aliphatic rings. The van der Waals surface area contributed by atoms with Gasteiger partial charge in [-0.1, -0.05) is 0 Å². The second-order valence-electron chi connectivity index (χ2n) is 5.34. The third-order valence-electron chi connectivity index (χ3n) is 3.74. The Kier molecular flexibility index (Phi) is 3.64. The molecule has 1 saturated heterocycles. The number of rotatable bonds is 3. The first-order valence-electron chi connectivity index (χ1n) is 6.96. The molecular formula is C14H20N6. The Hall–Kier alpha value is -1.95. The van der Waals surface area contributed by atoms with Crippen LogP contribution in [-0.2, 0) is 13.6 Å². The number of piperazine rings is 1. The fourth-order valence-corrected chi connectivity index (χ4v) is 2.65. The lowest BCUT2D eigenvalue weighted by atomic mass is 10.1. The molecule has 6 heteroatoms. The molecule has 0 aromatic carbocycles. The van der Waals surface area contributed by atoms with Crippen LogP contribution in [0.5, 0.6) is 0 Å². The minimum absolute atomic E-state index is 0.479. The summed E-state index contributed by atoms with van der Waals surface area (Å²) in [4.78, 5) is 13.4. The average Bonchev–Trinajstić information content (AvgIpc) is 2.87. The summed E-state index contributed by atoms with van der Waals surface area (Å²) < 4.78 is 1.86. The minimum Gasteiger partial charge on any atom is -0.338 e. The van der Waals surface area contributed by atoms with E-state index in [1.165, 1.54) is 5.56 Å². The molecule has 1 fully saturated rings. The van der Waals surface area contributed by atoms with Gasteiger partial charge in [0.05, 0.1) is 6.20 Å². The van der Waals surface area contributed by atoms with E-state index in [1.54, 1.807) is 12.4 Å². The van der Waals surface area contributed by atoms with Crippen molar-refractivity contribution in [2.24, 2.45) is 7.05 Å². The summed E-state index contributed by atoms with van der Waals surface area (Å²) in [5.41, 5.74) is 1.27. The summed E-state index contributed by atoms with van der Waals surface area (Å²) in [5.74, 6) is 0.834. The molecule has 106 valence electrons. The normalized spacial score (nSPS) is 20.3. The zero-order valence-corrected chi connectivity index (χ0v) is 12.0. The first-order valence-corrected chi connectivity index (χ1v) is 6.96. The van der Waals surface area contributed by atoms with E-state index in [4.69, 9.17) is 0 Å². The Morgan fingerprint density at radius 3 is 2.70 bits per heavy atom. The second kappa shape index (κ2) is 5.58. The highest BCUT2D eigenvalue weighted by Crippen LogP contribution is 2.16. The Bertz CT molecular complexity index is 552. The molecule has 20 heavy (non-hydrogen) atoms. The predicted octanol–water partition coefficient (Wildman–Crippen LogP) is 0.921. The number of aryl methyl sites for hydroxylation is 1. The van der Waals surface area contributed by atoms with E-state index < -0.39 is 0 Å². The van der Waals surface area contributed by atoms with Crippen LogP contribution in [0.15, 0.2) is 30.9 Å². The molecule has 0 bridgehead atoms. The van der Waals surface area contributed by atoms with Gasteiger partial charge in [0, 0.05) is 63.4 Å². The van der Waals surface area contributed by atoms with Crippen molar-refractivity contribution >= 4 is 5.95 Å². The Labute approximate surface area is 119 Å². The summed E-state index contributed by atoms with van der Waals surface area (Å²) in [6.45, 7) is 6.16. The molecule has 3 rings (SSSR count). The van der Waals surface area contributed by atoms with Gasteiger partial charge in [-0.2, -0.15) is 5.10 Å². The number of anilines is 1. The molecule has 6 nitrogen and oxygen atoms in total. The third-order valence-corrected chi connectivity index (χ3v) is 3.74. The Morgan fingerprint density at radius 2 is 2.05 bits per heavy atom. The molecule has 2 aromatic rings. The summed E-state index contributed by atoms with van der Waals surface area (Å²) in [6.07, 6.45) is 7.63. The summed E-state index contributed by atoms with van der Waals surface area (Å²) in [5, 5.41) is 4.23. The quantitative estimate of drug-likeness (QED) is 0.831. The van der Waals surface area contributed by atoms with Crippen LogP contribution in [0.4, 0.5) is 5.95 Å². The fraction of sp³-hybridized carbons (Fsp3) is 0.500. The van der Waals surface area contributed by atoms with Gasteiger partial charge in [0.15, 0.2) is 0 Å². The maximum atomic E-state index is 4.33. The van der Waals surface area contributed by atoms with E-state index >= 15 is 0 Å². The van der Waals surface area contributed by atoms with Crippen LogP contribution >= 0.6 is 0 Å². The van der Waals surface area contributed by atoms with Gasteiger partial charge in [0.25, 0.3) is 0 Å². The van der Waals surface area contributed by atoms with Crippen LogP contribution in [0.2, 0.25) is 0 Å². The van der Waals surface area contributed by atoms with Gasteiger partial charge in [-0.3, -0.25) is 9.58 Å².